The van der Waals surface area contributed by atoms with Gasteiger partial charge in [-0.05, 0) is 19.9 Å². The number of carbonyl (C=O) groups is 2. The summed E-state index contributed by atoms with van der Waals surface area (Å²) in [6.07, 6.45) is -4.89. The summed E-state index contributed by atoms with van der Waals surface area (Å²) >= 11 is 0. The summed E-state index contributed by atoms with van der Waals surface area (Å²) in [6.45, 7) is 3.34. The van der Waals surface area contributed by atoms with Gasteiger partial charge in [-0.2, -0.15) is 10.2 Å². The smallest absolute Gasteiger partial charge is 0.282 e. The van der Waals surface area contributed by atoms with E-state index in [1.807, 2.05) is 0 Å². The van der Waals surface area contributed by atoms with Crippen molar-refractivity contribution in [3.63, 3.8) is 0 Å². The first kappa shape index (κ1) is 21.4. The lowest BCUT2D eigenvalue weighted by Crippen LogP contribution is -2.29. The highest BCUT2D eigenvalue weighted by molar-refractivity contribution is 6.03. The van der Waals surface area contributed by atoms with Gasteiger partial charge in [-0.1, -0.05) is 0 Å². The van der Waals surface area contributed by atoms with Crippen LogP contribution in [0.15, 0.2) is 12.3 Å². The van der Waals surface area contributed by atoms with Crippen molar-refractivity contribution in [3.8, 4) is 0 Å². The number of amides is 2. The molecule has 0 radical (unpaired) electrons. The highest BCUT2D eigenvalue weighted by Gasteiger charge is 2.28. The van der Waals surface area contributed by atoms with Gasteiger partial charge in [-0.3, -0.25) is 19.0 Å². The van der Waals surface area contributed by atoms with Gasteiger partial charge in [0.05, 0.1) is 11.9 Å². The standard InChI is InChI=1S/C16H20F4N6O2/c1-5-25-12(16(28)24(3)4)10(7-21-25)22-15(27)8(2)26-11(14(19)20)6-9(23-26)13(17)18/h6-8,13-14H,5H2,1-4H3,(H,22,27). The lowest BCUT2D eigenvalue weighted by atomic mass is 10.2. The fourth-order valence-electron chi connectivity index (χ4n) is 2.51. The van der Waals surface area contributed by atoms with Crippen molar-refractivity contribution in [1.29, 1.82) is 0 Å². The van der Waals surface area contributed by atoms with E-state index in [-0.39, 0.29) is 11.4 Å². The molecular weight excluding hydrogens is 384 g/mol. The molecular formula is C16H20F4N6O2. The van der Waals surface area contributed by atoms with Crippen molar-refractivity contribution >= 4 is 17.5 Å². The molecule has 1 N–H and O–H groups in total. The van der Waals surface area contributed by atoms with E-state index in [0.29, 0.717) is 17.3 Å². The van der Waals surface area contributed by atoms with Crippen LogP contribution in [0.2, 0.25) is 0 Å². The minimum atomic E-state index is -3.09. The molecule has 2 rings (SSSR count). The monoisotopic (exact) mass is 404 g/mol. The quantitative estimate of drug-likeness (QED) is 0.720. The molecule has 0 saturated carbocycles. The summed E-state index contributed by atoms with van der Waals surface area (Å²) in [6, 6.07) is -0.765. The maximum Gasteiger partial charge on any atom is 0.282 e. The molecule has 0 aromatic carbocycles. The number of anilines is 1. The Morgan fingerprint density at radius 1 is 1.21 bits per heavy atom. The Hall–Kier alpha value is -2.92. The van der Waals surface area contributed by atoms with Crippen LogP contribution in [0.1, 0.15) is 54.6 Å². The van der Waals surface area contributed by atoms with E-state index in [9.17, 15) is 27.2 Å². The van der Waals surface area contributed by atoms with Gasteiger partial charge in [0.25, 0.3) is 18.8 Å². The second kappa shape index (κ2) is 8.40. The van der Waals surface area contributed by atoms with Crippen LogP contribution in [0.3, 0.4) is 0 Å². The number of hydrogen-bond acceptors (Lipinski definition) is 4. The number of halogens is 4. The van der Waals surface area contributed by atoms with E-state index in [1.54, 1.807) is 6.92 Å². The van der Waals surface area contributed by atoms with Crippen molar-refractivity contribution < 1.29 is 27.2 Å². The Morgan fingerprint density at radius 3 is 2.36 bits per heavy atom. The fraction of sp³-hybridized carbons (Fsp3) is 0.500. The van der Waals surface area contributed by atoms with Crippen molar-refractivity contribution in [2.24, 2.45) is 0 Å². The van der Waals surface area contributed by atoms with Crippen LogP contribution in [-0.2, 0) is 11.3 Å². The van der Waals surface area contributed by atoms with Crippen molar-refractivity contribution in [2.75, 3.05) is 19.4 Å². The number of nitrogens with one attached hydrogen (secondary N) is 1. The first-order valence-corrected chi connectivity index (χ1v) is 8.32. The molecule has 2 heterocycles. The van der Waals surface area contributed by atoms with E-state index in [4.69, 9.17) is 0 Å². The maximum atomic E-state index is 13.2. The maximum absolute atomic E-state index is 13.2. The van der Waals surface area contributed by atoms with Gasteiger partial charge in [0.1, 0.15) is 23.1 Å². The largest absolute Gasteiger partial charge is 0.343 e. The molecule has 154 valence electrons. The van der Waals surface area contributed by atoms with Crippen LogP contribution in [0.5, 0.6) is 0 Å². The van der Waals surface area contributed by atoms with Crippen molar-refractivity contribution in [1.82, 2.24) is 24.5 Å². The number of rotatable bonds is 7. The molecule has 2 aromatic heterocycles. The fourth-order valence-corrected chi connectivity index (χ4v) is 2.51. The molecule has 12 heteroatoms. The van der Waals surface area contributed by atoms with Crippen LogP contribution in [0.25, 0.3) is 0 Å². The van der Waals surface area contributed by atoms with Gasteiger partial charge < -0.3 is 10.2 Å². The summed E-state index contributed by atoms with van der Waals surface area (Å²) < 4.78 is 53.9. The third-order valence-electron chi connectivity index (χ3n) is 3.98. The van der Waals surface area contributed by atoms with Gasteiger partial charge in [-0.25, -0.2) is 17.6 Å². The van der Waals surface area contributed by atoms with E-state index in [2.05, 4.69) is 15.5 Å². The molecule has 0 aliphatic heterocycles. The molecule has 0 aliphatic rings. The van der Waals surface area contributed by atoms with E-state index in [1.165, 1.54) is 36.8 Å². The van der Waals surface area contributed by atoms with Crippen LogP contribution in [0.4, 0.5) is 23.2 Å². The van der Waals surface area contributed by atoms with Crippen molar-refractivity contribution in [3.05, 3.63) is 29.3 Å². The zero-order valence-corrected chi connectivity index (χ0v) is 15.7. The summed E-state index contributed by atoms with van der Waals surface area (Å²) in [5, 5.41) is 9.88. The Bertz CT molecular complexity index is 861. The Labute approximate surface area is 158 Å². The summed E-state index contributed by atoms with van der Waals surface area (Å²) in [7, 11) is 3.04. The van der Waals surface area contributed by atoms with Gasteiger partial charge in [0.15, 0.2) is 0 Å². The SMILES string of the molecule is CCn1ncc(NC(=O)C(C)n2nc(C(F)F)cc2C(F)F)c1C(=O)N(C)C. The van der Waals surface area contributed by atoms with E-state index in [0.717, 1.165) is 0 Å². The molecule has 0 fully saturated rings. The second-order valence-corrected chi connectivity index (χ2v) is 6.13. The molecule has 0 spiro atoms. The van der Waals surface area contributed by atoms with Crippen molar-refractivity contribution in [2.45, 2.75) is 39.3 Å². The Morgan fingerprint density at radius 2 is 1.86 bits per heavy atom. The zero-order valence-electron chi connectivity index (χ0n) is 15.7. The molecule has 0 bridgehead atoms. The minimum Gasteiger partial charge on any atom is -0.343 e. The van der Waals surface area contributed by atoms with Gasteiger partial charge in [0, 0.05) is 20.6 Å². The second-order valence-electron chi connectivity index (χ2n) is 6.13. The first-order chi connectivity index (χ1) is 13.1. The lowest BCUT2D eigenvalue weighted by Gasteiger charge is -2.17. The average molecular weight is 404 g/mol. The third kappa shape index (κ3) is 4.15. The van der Waals surface area contributed by atoms with Crippen LogP contribution in [-0.4, -0.2) is 50.4 Å². The summed E-state index contributed by atoms with van der Waals surface area (Å²) in [5.41, 5.74) is -1.46. The summed E-state index contributed by atoms with van der Waals surface area (Å²) in [5.74, 6) is -1.23. The predicted octanol–water partition coefficient (Wildman–Crippen LogP) is 2.88. The zero-order chi connectivity index (χ0) is 21.2. The number of hydrogen-bond donors (Lipinski definition) is 1. The number of aromatic nitrogens is 4. The van der Waals surface area contributed by atoms with Gasteiger partial charge in [0.2, 0.25) is 5.91 Å². The number of aryl methyl sites for hydroxylation is 1. The Kier molecular flexibility index (Phi) is 6.41. The average Bonchev–Trinajstić information content (AvgIpc) is 3.24. The Balaban J connectivity index is 2.34. The molecule has 2 amide bonds. The number of nitrogens with zero attached hydrogens (tertiary/aromatic N) is 5. The molecule has 8 nitrogen and oxygen atoms in total. The third-order valence-corrected chi connectivity index (χ3v) is 3.98. The van der Waals surface area contributed by atoms with Crippen LogP contribution in [0, 0.1) is 0 Å². The highest BCUT2D eigenvalue weighted by atomic mass is 19.3. The highest BCUT2D eigenvalue weighted by Crippen LogP contribution is 2.28. The van der Waals surface area contributed by atoms with Crippen LogP contribution < -0.4 is 5.32 Å². The molecule has 0 saturated heterocycles. The first-order valence-electron chi connectivity index (χ1n) is 8.32. The molecule has 0 aliphatic carbocycles. The van der Waals surface area contributed by atoms with E-state index >= 15 is 0 Å². The van der Waals surface area contributed by atoms with Gasteiger partial charge >= 0.3 is 0 Å². The molecule has 28 heavy (non-hydrogen) atoms. The van der Waals surface area contributed by atoms with Gasteiger partial charge in [-0.15, -0.1) is 0 Å². The van der Waals surface area contributed by atoms with E-state index < -0.39 is 42.1 Å². The topological polar surface area (TPSA) is 85.0 Å². The molecule has 1 atom stereocenters. The molecule has 1 unspecified atom stereocenters. The molecule has 2 aromatic rings. The normalized spacial score (nSPS) is 12.5. The number of carbonyl (C=O) groups excluding carboxylic acids is 2. The van der Waals surface area contributed by atoms with Crippen LogP contribution >= 0.6 is 0 Å². The lowest BCUT2D eigenvalue weighted by molar-refractivity contribution is -0.119. The number of alkyl halides is 4. The summed E-state index contributed by atoms with van der Waals surface area (Å²) in [4.78, 5) is 26.2. The predicted molar refractivity (Wildman–Crippen MR) is 91.4 cm³/mol. The minimum absolute atomic E-state index is 0.0808.